The van der Waals surface area contributed by atoms with Crippen molar-refractivity contribution >= 4 is 50.7 Å². The van der Waals surface area contributed by atoms with Gasteiger partial charge in [-0.1, -0.05) is 35.3 Å². The highest BCUT2D eigenvalue weighted by atomic mass is 35.5. The monoisotopic (exact) mass is 553 g/mol. The van der Waals surface area contributed by atoms with E-state index >= 15 is 0 Å². The number of anilines is 1. The van der Waals surface area contributed by atoms with Crippen molar-refractivity contribution in [3.8, 4) is 0 Å². The SMILES string of the molecule is CCNC(=O)C(C)N(Cc1ccc(Cl)cc1)C(=O)CN(c1cc(C(F)(F)F)ccc1Cl)S(C)(=O)=O. The Morgan fingerprint density at radius 2 is 1.69 bits per heavy atom. The summed E-state index contributed by atoms with van der Waals surface area (Å²) in [5.41, 5.74) is -1.04. The van der Waals surface area contributed by atoms with Crippen LogP contribution in [0.5, 0.6) is 0 Å². The maximum atomic E-state index is 13.3. The molecule has 0 aliphatic heterocycles. The lowest BCUT2D eigenvalue weighted by atomic mass is 10.1. The summed E-state index contributed by atoms with van der Waals surface area (Å²) in [5.74, 6) is -1.31. The maximum Gasteiger partial charge on any atom is 0.416 e. The fourth-order valence-corrected chi connectivity index (χ4v) is 4.41. The lowest BCUT2D eigenvalue weighted by molar-refractivity contribution is -0.139. The first-order valence-corrected chi connectivity index (χ1v) is 12.9. The van der Waals surface area contributed by atoms with Crippen LogP contribution < -0.4 is 9.62 Å². The van der Waals surface area contributed by atoms with Gasteiger partial charge in [0.15, 0.2) is 0 Å². The zero-order valence-corrected chi connectivity index (χ0v) is 21.4. The number of alkyl halides is 3. The first-order chi connectivity index (χ1) is 16.1. The number of amides is 2. The zero-order valence-electron chi connectivity index (χ0n) is 19.1. The Kier molecular flexibility index (Phi) is 9.43. The molecule has 0 saturated heterocycles. The summed E-state index contributed by atoms with van der Waals surface area (Å²) >= 11 is 11.9. The number of nitrogens with one attached hydrogen (secondary N) is 1. The number of hydrogen-bond acceptors (Lipinski definition) is 4. The van der Waals surface area contributed by atoms with E-state index in [1.54, 1.807) is 31.2 Å². The molecule has 2 amide bonds. The van der Waals surface area contributed by atoms with Gasteiger partial charge in [-0.2, -0.15) is 13.2 Å². The van der Waals surface area contributed by atoms with Gasteiger partial charge in [0, 0.05) is 18.1 Å². The third kappa shape index (κ3) is 7.74. The van der Waals surface area contributed by atoms with Gasteiger partial charge in [0.25, 0.3) is 0 Å². The molecule has 0 spiro atoms. The van der Waals surface area contributed by atoms with E-state index in [9.17, 15) is 31.2 Å². The van der Waals surface area contributed by atoms with Crippen molar-refractivity contribution in [1.82, 2.24) is 10.2 Å². The van der Waals surface area contributed by atoms with Crippen LogP contribution in [0.2, 0.25) is 10.0 Å². The second-order valence-corrected chi connectivity index (χ2v) is 10.4. The Balaban J connectivity index is 2.48. The minimum absolute atomic E-state index is 0.0811. The van der Waals surface area contributed by atoms with E-state index in [0.29, 0.717) is 33.6 Å². The van der Waals surface area contributed by atoms with Gasteiger partial charge >= 0.3 is 6.18 Å². The van der Waals surface area contributed by atoms with Gasteiger partial charge in [0.05, 0.1) is 22.5 Å². The van der Waals surface area contributed by atoms with Crippen LogP contribution in [0, 0.1) is 0 Å². The summed E-state index contributed by atoms with van der Waals surface area (Å²) in [5, 5.41) is 2.75. The molecule has 0 fully saturated rings. The molecule has 2 aromatic rings. The number of sulfonamides is 1. The number of carbonyl (C=O) groups is 2. The van der Waals surface area contributed by atoms with Gasteiger partial charge in [-0.25, -0.2) is 8.42 Å². The van der Waals surface area contributed by atoms with Gasteiger partial charge in [-0.05, 0) is 49.7 Å². The molecular formula is C22H24Cl2F3N3O4S. The topological polar surface area (TPSA) is 86.8 Å². The predicted molar refractivity (Wildman–Crippen MR) is 129 cm³/mol. The van der Waals surface area contributed by atoms with Crippen LogP contribution in [0.15, 0.2) is 42.5 Å². The number of benzene rings is 2. The Labute approximate surface area is 211 Å². The summed E-state index contributed by atoms with van der Waals surface area (Å²) in [6, 6.07) is 7.59. The molecule has 0 aliphatic carbocycles. The van der Waals surface area contributed by atoms with E-state index in [1.807, 2.05) is 0 Å². The summed E-state index contributed by atoms with van der Waals surface area (Å²) < 4.78 is 65.3. The minimum Gasteiger partial charge on any atom is -0.355 e. The van der Waals surface area contributed by atoms with Crippen molar-refractivity contribution in [3.05, 3.63) is 63.6 Å². The van der Waals surface area contributed by atoms with E-state index in [-0.39, 0.29) is 11.6 Å². The normalized spacial score (nSPS) is 12.7. The number of carbonyl (C=O) groups excluding carboxylic acids is 2. The molecule has 2 rings (SSSR count). The smallest absolute Gasteiger partial charge is 0.355 e. The van der Waals surface area contributed by atoms with Crippen LogP contribution >= 0.6 is 23.2 Å². The molecule has 1 N–H and O–H groups in total. The highest BCUT2D eigenvalue weighted by Gasteiger charge is 2.34. The molecule has 2 aromatic carbocycles. The molecule has 13 heteroatoms. The van der Waals surface area contributed by atoms with E-state index in [4.69, 9.17) is 23.2 Å². The summed E-state index contributed by atoms with van der Waals surface area (Å²) in [6.07, 6.45) is -4.02. The van der Waals surface area contributed by atoms with Crippen LogP contribution in [0.25, 0.3) is 0 Å². The molecule has 0 heterocycles. The molecular weight excluding hydrogens is 530 g/mol. The van der Waals surface area contributed by atoms with Gasteiger partial charge < -0.3 is 10.2 Å². The molecule has 35 heavy (non-hydrogen) atoms. The molecule has 7 nitrogen and oxygen atoms in total. The van der Waals surface area contributed by atoms with Crippen LogP contribution in [0.1, 0.15) is 25.0 Å². The Bertz CT molecular complexity index is 1180. The van der Waals surface area contributed by atoms with Crippen molar-refractivity contribution < 1.29 is 31.2 Å². The number of halogens is 5. The fourth-order valence-electron chi connectivity index (χ4n) is 3.17. The highest BCUT2D eigenvalue weighted by Crippen LogP contribution is 2.36. The molecule has 0 aliphatic rings. The lowest BCUT2D eigenvalue weighted by Crippen LogP contribution is -2.51. The van der Waals surface area contributed by atoms with Crippen LogP contribution in [0.4, 0.5) is 18.9 Å². The summed E-state index contributed by atoms with van der Waals surface area (Å²) in [7, 11) is -4.25. The second kappa shape index (κ2) is 11.5. The Morgan fingerprint density at radius 1 is 1.09 bits per heavy atom. The standard InChI is InChI=1S/C22H24Cl2F3N3O4S/c1-4-28-21(32)14(2)29(12-15-5-8-17(23)9-6-15)20(31)13-30(35(3,33)34)19-11-16(22(25,26)27)7-10-18(19)24/h5-11,14H,4,12-13H2,1-3H3,(H,28,32). The molecule has 0 radical (unpaired) electrons. The third-order valence-corrected chi connectivity index (χ3v) is 6.70. The van der Waals surface area contributed by atoms with E-state index in [0.717, 1.165) is 17.2 Å². The molecule has 0 bridgehead atoms. The van der Waals surface area contributed by atoms with Crippen molar-refractivity contribution in [3.63, 3.8) is 0 Å². The lowest BCUT2D eigenvalue weighted by Gasteiger charge is -2.31. The minimum atomic E-state index is -4.76. The Morgan fingerprint density at radius 3 is 2.20 bits per heavy atom. The maximum absolute atomic E-state index is 13.3. The number of rotatable bonds is 9. The Hall–Kier alpha value is -2.50. The first-order valence-electron chi connectivity index (χ1n) is 10.3. The summed E-state index contributed by atoms with van der Waals surface area (Å²) in [4.78, 5) is 27.0. The molecule has 1 atom stereocenters. The fraction of sp³-hybridized carbons (Fsp3) is 0.364. The highest BCUT2D eigenvalue weighted by molar-refractivity contribution is 7.92. The van der Waals surface area contributed by atoms with Crippen molar-refractivity contribution in [2.45, 2.75) is 32.6 Å². The summed E-state index contributed by atoms with van der Waals surface area (Å²) in [6.45, 7) is 2.48. The van der Waals surface area contributed by atoms with E-state index < -0.39 is 51.9 Å². The number of nitrogens with zero attached hydrogens (tertiary/aromatic N) is 2. The van der Waals surface area contributed by atoms with Crippen LogP contribution in [-0.4, -0.2) is 50.5 Å². The molecule has 0 saturated carbocycles. The molecule has 192 valence electrons. The van der Waals surface area contributed by atoms with E-state index in [2.05, 4.69) is 5.32 Å². The van der Waals surface area contributed by atoms with Gasteiger partial charge in [-0.3, -0.25) is 13.9 Å². The number of hydrogen-bond donors (Lipinski definition) is 1. The van der Waals surface area contributed by atoms with E-state index in [1.165, 1.54) is 6.92 Å². The first kappa shape index (κ1) is 28.7. The van der Waals surface area contributed by atoms with Crippen molar-refractivity contribution in [2.24, 2.45) is 0 Å². The van der Waals surface area contributed by atoms with Crippen molar-refractivity contribution in [1.29, 1.82) is 0 Å². The molecule has 1 unspecified atom stereocenters. The average Bonchev–Trinajstić information content (AvgIpc) is 2.75. The average molecular weight is 554 g/mol. The number of likely N-dealkylation sites (N-methyl/N-ethyl adjacent to an activating group) is 1. The van der Waals surface area contributed by atoms with Gasteiger partial charge in [-0.15, -0.1) is 0 Å². The molecule has 0 aromatic heterocycles. The second-order valence-electron chi connectivity index (χ2n) is 7.65. The van der Waals surface area contributed by atoms with Crippen LogP contribution in [-0.2, 0) is 32.3 Å². The van der Waals surface area contributed by atoms with Gasteiger partial charge in [0.1, 0.15) is 12.6 Å². The largest absolute Gasteiger partial charge is 0.416 e. The van der Waals surface area contributed by atoms with Gasteiger partial charge in [0.2, 0.25) is 21.8 Å². The quantitative estimate of drug-likeness (QED) is 0.500. The van der Waals surface area contributed by atoms with Crippen molar-refractivity contribution in [2.75, 3.05) is 23.7 Å². The zero-order chi connectivity index (χ0) is 26.6. The predicted octanol–water partition coefficient (Wildman–Crippen LogP) is 4.33. The van der Waals surface area contributed by atoms with Crippen LogP contribution in [0.3, 0.4) is 0 Å². The third-order valence-electron chi connectivity index (χ3n) is 5.01.